The molecule has 0 amide bonds. The Balaban J connectivity index is 0.000000140. The molecule has 0 atom stereocenters. The van der Waals surface area contributed by atoms with Crippen LogP contribution in [-0.4, -0.2) is 6.54 Å². The molecule has 1 heterocycles. The van der Waals surface area contributed by atoms with Crippen LogP contribution in [0.4, 0.5) is 0 Å². The van der Waals surface area contributed by atoms with Gasteiger partial charge in [-0.3, -0.25) is 0 Å². The highest BCUT2D eigenvalue weighted by molar-refractivity contribution is 5.18. The molecule has 0 spiro atoms. The minimum atomic E-state index is 0.983. The van der Waals surface area contributed by atoms with Crippen LogP contribution < -0.4 is 5.32 Å². The molecule has 1 aliphatic rings. The topological polar surface area (TPSA) is 12.0 Å². The molecule has 0 fully saturated rings. The molecular formula is C13H17N. The molecule has 1 heteroatoms. The first-order valence-corrected chi connectivity index (χ1v) is 4.87. The maximum atomic E-state index is 3.09. The summed E-state index contributed by atoms with van der Waals surface area (Å²) in [6.07, 6.45) is 6.23. The summed E-state index contributed by atoms with van der Waals surface area (Å²) in [5.74, 6) is 0. The van der Waals surface area contributed by atoms with Crippen LogP contribution in [0.15, 0.2) is 54.3 Å². The van der Waals surface area contributed by atoms with Crippen LogP contribution >= 0.6 is 0 Å². The Kier molecular flexibility index (Phi) is 4.56. The van der Waals surface area contributed by atoms with Crippen molar-refractivity contribution in [2.24, 2.45) is 0 Å². The highest BCUT2D eigenvalue weighted by Gasteiger charge is 1.84. The maximum absolute atomic E-state index is 3.09. The second-order valence-corrected chi connectivity index (χ2v) is 3.35. The van der Waals surface area contributed by atoms with Crippen molar-refractivity contribution in [1.82, 2.24) is 5.32 Å². The fourth-order valence-corrected chi connectivity index (χ4v) is 1.12. The van der Waals surface area contributed by atoms with Crippen molar-refractivity contribution < 1.29 is 0 Å². The van der Waals surface area contributed by atoms with E-state index in [0.29, 0.717) is 0 Å². The average molecular weight is 187 g/mol. The second-order valence-electron chi connectivity index (χ2n) is 3.35. The quantitative estimate of drug-likeness (QED) is 0.658. The summed E-state index contributed by atoms with van der Waals surface area (Å²) in [6, 6.07) is 10.3. The Morgan fingerprint density at radius 1 is 1.07 bits per heavy atom. The molecule has 1 aromatic carbocycles. The molecule has 1 N–H and O–H groups in total. The summed E-state index contributed by atoms with van der Waals surface area (Å²) < 4.78 is 0. The van der Waals surface area contributed by atoms with Crippen LogP contribution in [0.1, 0.15) is 12.5 Å². The molecule has 0 unspecified atom stereocenters. The Morgan fingerprint density at radius 3 is 2.07 bits per heavy atom. The van der Waals surface area contributed by atoms with Crippen molar-refractivity contribution in [3.05, 3.63) is 59.8 Å². The Hall–Kier alpha value is -1.50. The van der Waals surface area contributed by atoms with Gasteiger partial charge in [-0.1, -0.05) is 48.0 Å². The first kappa shape index (κ1) is 10.6. The number of hydrogen-bond acceptors (Lipinski definition) is 1. The van der Waals surface area contributed by atoms with E-state index in [1.54, 1.807) is 0 Å². The fourth-order valence-electron chi connectivity index (χ4n) is 1.12. The summed E-state index contributed by atoms with van der Waals surface area (Å²) in [7, 11) is 0. The van der Waals surface area contributed by atoms with Gasteiger partial charge in [-0.15, -0.1) is 0 Å². The molecule has 1 nitrogen and oxygen atoms in total. The van der Waals surface area contributed by atoms with Crippen molar-refractivity contribution in [1.29, 1.82) is 0 Å². The third-order valence-corrected chi connectivity index (χ3v) is 1.89. The van der Waals surface area contributed by atoms with E-state index in [2.05, 4.69) is 43.4 Å². The van der Waals surface area contributed by atoms with Crippen LogP contribution in [0, 0.1) is 6.92 Å². The molecular weight excluding hydrogens is 170 g/mol. The summed E-state index contributed by atoms with van der Waals surface area (Å²) in [6.45, 7) is 5.14. The molecule has 1 aliphatic heterocycles. The molecule has 2 rings (SSSR count). The second kappa shape index (κ2) is 6.03. The SMILES string of the molecule is CC1=CNCC=C1.Cc1ccccc1. The van der Waals surface area contributed by atoms with Gasteiger partial charge in [0, 0.05) is 6.54 Å². The highest BCUT2D eigenvalue weighted by atomic mass is 14.8. The van der Waals surface area contributed by atoms with E-state index in [-0.39, 0.29) is 0 Å². The van der Waals surface area contributed by atoms with Crippen molar-refractivity contribution in [3.63, 3.8) is 0 Å². The molecule has 0 aromatic heterocycles. The van der Waals surface area contributed by atoms with Gasteiger partial charge in [-0.05, 0) is 25.6 Å². The van der Waals surface area contributed by atoms with Gasteiger partial charge < -0.3 is 5.32 Å². The summed E-state index contributed by atoms with van der Waals surface area (Å²) in [5, 5.41) is 3.09. The predicted octanol–water partition coefficient (Wildman–Crippen LogP) is 3.04. The van der Waals surface area contributed by atoms with Gasteiger partial charge in [-0.25, -0.2) is 0 Å². The summed E-state index contributed by atoms with van der Waals surface area (Å²) in [5.41, 5.74) is 2.62. The lowest BCUT2D eigenvalue weighted by molar-refractivity contribution is 0.955. The molecule has 0 radical (unpaired) electrons. The van der Waals surface area contributed by atoms with Gasteiger partial charge in [0.15, 0.2) is 0 Å². The number of hydrogen-bond donors (Lipinski definition) is 1. The van der Waals surface area contributed by atoms with E-state index in [9.17, 15) is 0 Å². The summed E-state index contributed by atoms with van der Waals surface area (Å²) in [4.78, 5) is 0. The van der Waals surface area contributed by atoms with Crippen LogP contribution in [0.3, 0.4) is 0 Å². The predicted molar refractivity (Wildman–Crippen MR) is 62.1 cm³/mol. The lowest BCUT2D eigenvalue weighted by Crippen LogP contribution is -2.07. The van der Waals surface area contributed by atoms with Crippen molar-refractivity contribution in [2.75, 3.05) is 6.54 Å². The Bertz CT molecular complexity index is 309. The van der Waals surface area contributed by atoms with Crippen LogP contribution in [-0.2, 0) is 0 Å². The number of rotatable bonds is 0. The molecule has 1 aromatic rings. The van der Waals surface area contributed by atoms with Gasteiger partial charge in [0.25, 0.3) is 0 Å². The zero-order valence-electron chi connectivity index (χ0n) is 8.83. The number of dihydropyridines is 1. The highest BCUT2D eigenvalue weighted by Crippen LogP contribution is 1.94. The van der Waals surface area contributed by atoms with Crippen LogP contribution in [0.5, 0.6) is 0 Å². The van der Waals surface area contributed by atoms with Gasteiger partial charge >= 0.3 is 0 Å². The number of nitrogens with one attached hydrogen (secondary N) is 1. The smallest absolute Gasteiger partial charge is 0.0328 e. The third kappa shape index (κ3) is 4.51. The van der Waals surface area contributed by atoms with Crippen molar-refractivity contribution >= 4 is 0 Å². The molecule has 14 heavy (non-hydrogen) atoms. The van der Waals surface area contributed by atoms with Crippen LogP contribution in [0.2, 0.25) is 0 Å². The van der Waals surface area contributed by atoms with Crippen LogP contribution in [0.25, 0.3) is 0 Å². The van der Waals surface area contributed by atoms with E-state index >= 15 is 0 Å². The van der Waals surface area contributed by atoms with E-state index < -0.39 is 0 Å². The zero-order valence-corrected chi connectivity index (χ0v) is 8.83. The van der Waals surface area contributed by atoms with E-state index in [0.717, 1.165) is 6.54 Å². The molecule has 0 saturated heterocycles. The maximum Gasteiger partial charge on any atom is 0.0328 e. The van der Waals surface area contributed by atoms with Crippen molar-refractivity contribution in [2.45, 2.75) is 13.8 Å². The molecule has 0 aliphatic carbocycles. The first-order valence-electron chi connectivity index (χ1n) is 4.87. The standard InChI is InChI=1S/C7H8.C6H9N/c1-7-5-3-2-4-6-7;1-6-3-2-4-7-5-6/h2-6H,1H3;2-3,5,7H,4H2,1H3. The number of allylic oxidation sites excluding steroid dienone is 2. The normalized spacial score (nSPS) is 13.4. The monoisotopic (exact) mass is 187 g/mol. The van der Waals surface area contributed by atoms with Crippen molar-refractivity contribution in [3.8, 4) is 0 Å². The number of aryl methyl sites for hydroxylation is 1. The third-order valence-electron chi connectivity index (χ3n) is 1.89. The Labute approximate surface area is 86.2 Å². The molecule has 0 bridgehead atoms. The average Bonchev–Trinajstić information content (AvgIpc) is 2.21. The van der Waals surface area contributed by atoms with Gasteiger partial charge in [0.2, 0.25) is 0 Å². The van der Waals surface area contributed by atoms with E-state index in [1.807, 2.05) is 24.4 Å². The largest absolute Gasteiger partial charge is 0.387 e. The minimum absolute atomic E-state index is 0.983. The number of benzene rings is 1. The molecule has 74 valence electrons. The van der Waals surface area contributed by atoms with Gasteiger partial charge in [0.1, 0.15) is 0 Å². The van der Waals surface area contributed by atoms with Gasteiger partial charge in [0.05, 0.1) is 0 Å². The first-order chi connectivity index (χ1) is 6.79. The zero-order chi connectivity index (χ0) is 10.2. The van der Waals surface area contributed by atoms with E-state index in [1.165, 1.54) is 11.1 Å². The summed E-state index contributed by atoms with van der Waals surface area (Å²) >= 11 is 0. The molecule has 0 saturated carbocycles. The Morgan fingerprint density at radius 2 is 1.79 bits per heavy atom. The van der Waals surface area contributed by atoms with E-state index in [4.69, 9.17) is 0 Å². The lowest BCUT2D eigenvalue weighted by atomic mass is 10.2. The fraction of sp³-hybridized carbons (Fsp3) is 0.231. The minimum Gasteiger partial charge on any atom is -0.387 e. The van der Waals surface area contributed by atoms with Gasteiger partial charge in [-0.2, -0.15) is 0 Å². The lowest BCUT2D eigenvalue weighted by Gasteiger charge is -2.00.